The molecule has 6 rings (SSSR count). The molecule has 37 heavy (non-hydrogen) atoms. The normalized spacial score (nSPS) is 30.0. The summed E-state index contributed by atoms with van der Waals surface area (Å²) in [5.74, 6) is 0.235. The summed E-state index contributed by atoms with van der Waals surface area (Å²) in [6, 6.07) is 15.0. The van der Waals surface area contributed by atoms with Gasteiger partial charge in [0.1, 0.15) is 6.17 Å². The molecule has 3 N–H and O–H groups in total. The lowest BCUT2D eigenvalue weighted by Gasteiger charge is -2.47. The van der Waals surface area contributed by atoms with Crippen molar-refractivity contribution in [1.82, 2.24) is 26.2 Å². The van der Waals surface area contributed by atoms with Crippen molar-refractivity contribution in [3.8, 4) is 0 Å². The smallest absolute Gasteiger partial charge is 0.226 e. The fraction of sp³-hybridized carbons (Fsp3) is 0.517. The average Bonchev–Trinajstić information content (AvgIpc) is 3.34. The van der Waals surface area contributed by atoms with Gasteiger partial charge in [-0.2, -0.15) is 5.53 Å². The van der Waals surface area contributed by atoms with Crippen LogP contribution in [0.2, 0.25) is 0 Å². The predicted molar refractivity (Wildman–Crippen MR) is 143 cm³/mol. The van der Waals surface area contributed by atoms with Gasteiger partial charge in [-0.1, -0.05) is 42.0 Å². The first-order valence-corrected chi connectivity index (χ1v) is 13.7. The Balaban J connectivity index is 1.11. The van der Waals surface area contributed by atoms with Gasteiger partial charge < -0.3 is 15.1 Å². The number of rotatable bonds is 3. The molecule has 1 aliphatic carbocycles. The molecule has 8 heteroatoms. The number of nitrogens with one attached hydrogen (secondary N) is 3. The molecule has 0 spiro atoms. The molecule has 3 saturated heterocycles. The van der Waals surface area contributed by atoms with Crippen molar-refractivity contribution in [3.63, 3.8) is 0 Å². The van der Waals surface area contributed by atoms with E-state index in [1.807, 2.05) is 0 Å². The quantitative estimate of drug-likeness (QED) is 0.599. The molecule has 4 aliphatic rings. The second-order valence-electron chi connectivity index (χ2n) is 11.3. The zero-order valence-corrected chi connectivity index (χ0v) is 22.0. The lowest BCUT2D eigenvalue weighted by Crippen LogP contribution is -2.66. The molecule has 0 aromatic heterocycles. The fourth-order valence-electron chi connectivity index (χ4n) is 6.66. The Morgan fingerprint density at radius 2 is 1.65 bits per heavy atom. The molecular formula is C29H38N6O2. The van der Waals surface area contributed by atoms with Gasteiger partial charge >= 0.3 is 0 Å². The van der Waals surface area contributed by atoms with Crippen LogP contribution in [-0.2, 0) is 9.59 Å². The third kappa shape index (κ3) is 4.51. The van der Waals surface area contributed by atoms with E-state index in [0.29, 0.717) is 6.42 Å². The third-order valence-corrected chi connectivity index (χ3v) is 8.85. The Labute approximate surface area is 219 Å². The summed E-state index contributed by atoms with van der Waals surface area (Å²) < 4.78 is 0. The Morgan fingerprint density at radius 3 is 2.41 bits per heavy atom. The van der Waals surface area contributed by atoms with Gasteiger partial charge in [0, 0.05) is 43.8 Å². The fourth-order valence-corrected chi connectivity index (χ4v) is 6.66. The predicted octanol–water partition coefficient (Wildman–Crippen LogP) is 2.57. The lowest BCUT2D eigenvalue weighted by molar-refractivity contribution is -0.147. The first kappa shape index (κ1) is 24.4. The largest absolute Gasteiger partial charge is 0.368 e. The van der Waals surface area contributed by atoms with Gasteiger partial charge in [-0.05, 0) is 62.8 Å². The van der Waals surface area contributed by atoms with E-state index < -0.39 is 0 Å². The number of amides is 2. The maximum Gasteiger partial charge on any atom is 0.226 e. The van der Waals surface area contributed by atoms with Crippen LogP contribution in [0.25, 0.3) is 0 Å². The zero-order valence-electron chi connectivity index (χ0n) is 22.0. The third-order valence-electron chi connectivity index (χ3n) is 8.85. The van der Waals surface area contributed by atoms with Gasteiger partial charge in [0.05, 0.1) is 12.0 Å². The number of carbonyl (C=O) groups is 2. The molecule has 4 fully saturated rings. The number of hydrazine groups is 2. The van der Waals surface area contributed by atoms with Crippen LogP contribution < -0.4 is 21.2 Å². The molecular weight excluding hydrogens is 464 g/mol. The second-order valence-corrected chi connectivity index (χ2v) is 11.3. The van der Waals surface area contributed by atoms with Crippen molar-refractivity contribution >= 4 is 17.5 Å². The van der Waals surface area contributed by atoms with Crippen LogP contribution in [-0.4, -0.2) is 60.1 Å². The van der Waals surface area contributed by atoms with Crippen LogP contribution in [0.15, 0.2) is 42.5 Å². The minimum atomic E-state index is -0.175. The first-order chi connectivity index (χ1) is 17.9. The summed E-state index contributed by atoms with van der Waals surface area (Å²) in [6.45, 7) is 9.57. The highest BCUT2D eigenvalue weighted by atomic mass is 16.2. The first-order valence-electron chi connectivity index (χ1n) is 13.7. The molecule has 1 saturated carbocycles. The van der Waals surface area contributed by atoms with E-state index >= 15 is 0 Å². The molecule has 8 nitrogen and oxygen atoms in total. The molecule has 196 valence electrons. The minimum Gasteiger partial charge on any atom is -0.368 e. The standard InChI is InChI=1S/C29H38N6O2/c1-18-5-8-21(9-6-18)26-27-30-28(36)23-11-10-22(17-25(23)35(27)32-31-26)29(37)34-14-12-33(13-15-34)24-16-19(2)4-7-20(24)3/h4-9,16,22-23,25-27,31-32H,10-15,17H2,1-3H3,(H,30,36). The van der Waals surface area contributed by atoms with Crippen LogP contribution in [0.4, 0.5) is 5.69 Å². The minimum absolute atomic E-state index is 0.000584. The Hall–Kier alpha value is -2.94. The Kier molecular flexibility index (Phi) is 6.42. The number of benzene rings is 2. The van der Waals surface area contributed by atoms with Gasteiger partial charge in [-0.25, -0.2) is 10.4 Å². The molecule has 0 bridgehead atoms. The topological polar surface area (TPSA) is 80.0 Å². The van der Waals surface area contributed by atoms with E-state index in [-0.39, 0.29) is 41.9 Å². The summed E-state index contributed by atoms with van der Waals surface area (Å²) >= 11 is 0. The van der Waals surface area contributed by atoms with Crippen LogP contribution in [0.5, 0.6) is 0 Å². The van der Waals surface area contributed by atoms with Gasteiger partial charge in [-0.15, -0.1) is 0 Å². The van der Waals surface area contributed by atoms with E-state index in [4.69, 9.17) is 0 Å². The number of anilines is 1. The molecule has 5 unspecified atom stereocenters. The number of fused-ring (bicyclic) bond motifs is 3. The SMILES string of the molecule is Cc1ccc(C2NNN3C4CC(C(=O)N5CCN(c6cc(C)ccc6C)CC5)CCC4C(=O)NC23)cc1. The molecule has 3 aliphatic heterocycles. The van der Waals surface area contributed by atoms with Gasteiger partial charge in [-0.3, -0.25) is 9.59 Å². The van der Waals surface area contributed by atoms with Crippen molar-refractivity contribution < 1.29 is 9.59 Å². The summed E-state index contributed by atoms with van der Waals surface area (Å²) in [5, 5.41) is 5.40. The van der Waals surface area contributed by atoms with Crippen molar-refractivity contribution in [2.24, 2.45) is 11.8 Å². The van der Waals surface area contributed by atoms with Gasteiger partial charge in [0.15, 0.2) is 0 Å². The van der Waals surface area contributed by atoms with Crippen molar-refractivity contribution in [2.45, 2.75) is 58.3 Å². The van der Waals surface area contributed by atoms with Crippen LogP contribution >= 0.6 is 0 Å². The number of nitrogens with zero attached hydrogens (tertiary/aromatic N) is 3. The maximum atomic E-state index is 13.6. The molecule has 2 aromatic rings. The number of hydrogen-bond donors (Lipinski definition) is 3. The highest BCUT2D eigenvalue weighted by Crippen LogP contribution is 2.39. The van der Waals surface area contributed by atoms with E-state index in [2.05, 4.69) is 94.3 Å². The molecule has 2 aromatic carbocycles. The Bertz CT molecular complexity index is 1180. The van der Waals surface area contributed by atoms with Crippen LogP contribution in [0, 0.1) is 32.6 Å². The molecule has 0 radical (unpaired) electrons. The summed E-state index contributed by atoms with van der Waals surface area (Å²) in [6.07, 6.45) is 2.05. The summed E-state index contributed by atoms with van der Waals surface area (Å²) in [5.41, 5.74) is 12.9. The van der Waals surface area contributed by atoms with Crippen molar-refractivity contribution in [2.75, 3.05) is 31.1 Å². The average molecular weight is 503 g/mol. The molecule has 2 amide bonds. The zero-order chi connectivity index (χ0) is 25.7. The molecule has 5 atom stereocenters. The van der Waals surface area contributed by atoms with E-state index in [0.717, 1.165) is 44.6 Å². The van der Waals surface area contributed by atoms with Gasteiger partial charge in [0.2, 0.25) is 11.8 Å². The van der Waals surface area contributed by atoms with Crippen molar-refractivity contribution in [3.05, 3.63) is 64.7 Å². The van der Waals surface area contributed by atoms with E-state index in [1.165, 1.54) is 22.4 Å². The lowest BCUT2D eigenvalue weighted by atomic mass is 9.75. The molecule has 3 heterocycles. The van der Waals surface area contributed by atoms with E-state index in [1.54, 1.807) is 0 Å². The summed E-state index contributed by atoms with van der Waals surface area (Å²) in [4.78, 5) is 31.2. The number of carbonyl (C=O) groups excluding carboxylic acids is 2. The second kappa shape index (κ2) is 9.74. The summed E-state index contributed by atoms with van der Waals surface area (Å²) in [7, 11) is 0. The van der Waals surface area contributed by atoms with Gasteiger partial charge in [0.25, 0.3) is 0 Å². The van der Waals surface area contributed by atoms with Crippen LogP contribution in [0.3, 0.4) is 0 Å². The highest BCUT2D eigenvalue weighted by Gasteiger charge is 2.51. The van der Waals surface area contributed by atoms with Crippen molar-refractivity contribution in [1.29, 1.82) is 0 Å². The highest BCUT2D eigenvalue weighted by molar-refractivity contribution is 5.83. The maximum absolute atomic E-state index is 13.6. The Morgan fingerprint density at radius 1 is 0.919 bits per heavy atom. The monoisotopic (exact) mass is 502 g/mol. The van der Waals surface area contributed by atoms with Crippen LogP contribution in [0.1, 0.15) is 47.6 Å². The number of piperazine rings is 1. The number of aryl methyl sites for hydroxylation is 3. The number of hydrogen-bond acceptors (Lipinski definition) is 6. The van der Waals surface area contributed by atoms with E-state index in [9.17, 15) is 9.59 Å².